The van der Waals surface area contributed by atoms with Crippen molar-refractivity contribution < 1.29 is 9.53 Å². The van der Waals surface area contributed by atoms with Gasteiger partial charge in [0.05, 0.1) is 11.7 Å². The van der Waals surface area contributed by atoms with E-state index in [1.165, 1.54) is 37.7 Å². The lowest BCUT2D eigenvalue weighted by Gasteiger charge is -2.51. The highest BCUT2D eigenvalue weighted by molar-refractivity contribution is 5.93. The van der Waals surface area contributed by atoms with Gasteiger partial charge < -0.3 is 4.74 Å². The summed E-state index contributed by atoms with van der Waals surface area (Å²) < 4.78 is 6.72. The molecule has 0 saturated heterocycles. The van der Waals surface area contributed by atoms with Crippen LogP contribution < -0.4 is 0 Å². The molecule has 0 aromatic carbocycles. The Balaban J connectivity index is 1.48. The van der Waals surface area contributed by atoms with Crippen LogP contribution in [0.5, 0.6) is 0 Å². The number of rotatable bonds is 3. The van der Waals surface area contributed by atoms with Gasteiger partial charge in [0.15, 0.2) is 5.78 Å². The molecule has 3 saturated carbocycles. The summed E-state index contributed by atoms with van der Waals surface area (Å²) in [5.74, 6) is 2.74. The average molecular weight is 341 g/mol. The number of hydrogen-bond acceptors (Lipinski definition) is 2. The molecule has 0 bridgehead atoms. The van der Waals surface area contributed by atoms with Gasteiger partial charge in [-0.2, -0.15) is 0 Å². The van der Waals surface area contributed by atoms with Gasteiger partial charge in [-0.3, -0.25) is 4.79 Å². The molecule has 5 aliphatic carbocycles. The highest BCUT2D eigenvalue weighted by atomic mass is 16.5. The minimum absolute atomic E-state index is 0.196. The number of fused-ring (bicyclic) bond motifs is 6. The predicted octanol–water partition coefficient (Wildman–Crippen LogP) is 5.38. The summed E-state index contributed by atoms with van der Waals surface area (Å²) in [7, 11) is 0. The van der Waals surface area contributed by atoms with Gasteiger partial charge >= 0.3 is 0 Å². The van der Waals surface area contributed by atoms with Gasteiger partial charge in [-0.25, -0.2) is 0 Å². The lowest BCUT2D eigenvalue weighted by molar-refractivity contribution is -0.116. The van der Waals surface area contributed by atoms with Crippen LogP contribution in [0.25, 0.3) is 0 Å². The second kappa shape index (κ2) is 5.31. The van der Waals surface area contributed by atoms with Gasteiger partial charge in [0.25, 0.3) is 0 Å². The summed E-state index contributed by atoms with van der Waals surface area (Å²) in [6.45, 7) is 7.06. The average Bonchev–Trinajstić information content (AvgIpc) is 3.24. The van der Waals surface area contributed by atoms with E-state index < -0.39 is 0 Å². The molecule has 25 heavy (non-hydrogen) atoms. The third kappa shape index (κ3) is 2.10. The monoisotopic (exact) mass is 340 g/mol. The topological polar surface area (TPSA) is 26.3 Å². The zero-order valence-corrected chi connectivity index (χ0v) is 16.1. The van der Waals surface area contributed by atoms with Crippen LogP contribution in [0.3, 0.4) is 0 Å². The van der Waals surface area contributed by atoms with Gasteiger partial charge in [-0.05, 0) is 93.3 Å². The molecule has 0 heterocycles. The number of ether oxygens (including phenoxy) is 1. The van der Waals surface area contributed by atoms with E-state index in [1.807, 2.05) is 6.08 Å². The largest absolute Gasteiger partial charge is 0.371 e. The lowest BCUT2D eigenvalue weighted by atomic mass is 9.55. The third-order valence-corrected chi connectivity index (χ3v) is 8.66. The Hall–Kier alpha value is -0.890. The zero-order chi connectivity index (χ0) is 17.4. The standard InChI is InChI=1S/C23H32O2/c1-4-14(2)25-23-13-16(23)12-21-20-7-5-15-11-17(24)6-8-18(15)19(20)9-10-22(21,23)3/h11,14,16,20-21H,4-10,12-13H2,1-3H3/t14?,16-,20+,21-,22-,23-/m0/s1. The van der Waals surface area contributed by atoms with Gasteiger partial charge in [-0.15, -0.1) is 0 Å². The Morgan fingerprint density at radius 2 is 2.12 bits per heavy atom. The normalized spacial score (nSPS) is 46.0. The van der Waals surface area contributed by atoms with Crippen LogP contribution in [-0.4, -0.2) is 17.5 Å². The fourth-order valence-corrected chi connectivity index (χ4v) is 7.12. The fourth-order valence-electron chi connectivity index (χ4n) is 7.12. The first kappa shape index (κ1) is 16.3. The van der Waals surface area contributed by atoms with Crippen LogP contribution in [0.15, 0.2) is 22.8 Å². The second-order valence-corrected chi connectivity index (χ2v) is 9.67. The highest BCUT2D eigenvalue weighted by Crippen LogP contribution is 2.75. The van der Waals surface area contributed by atoms with Gasteiger partial charge in [0.1, 0.15) is 0 Å². The molecule has 5 aliphatic rings. The van der Waals surface area contributed by atoms with Crippen molar-refractivity contribution >= 4 is 5.78 Å². The lowest BCUT2D eigenvalue weighted by Crippen LogP contribution is -2.47. The van der Waals surface area contributed by atoms with Crippen LogP contribution >= 0.6 is 0 Å². The Morgan fingerprint density at radius 1 is 1.28 bits per heavy atom. The summed E-state index contributed by atoms with van der Waals surface area (Å²) in [5, 5.41) is 0. The minimum Gasteiger partial charge on any atom is -0.371 e. The first-order chi connectivity index (χ1) is 12.0. The molecular weight excluding hydrogens is 308 g/mol. The van der Waals surface area contributed by atoms with E-state index in [0.29, 0.717) is 17.3 Å². The molecule has 0 N–H and O–H groups in total. The molecule has 3 fully saturated rings. The molecule has 0 spiro atoms. The van der Waals surface area contributed by atoms with Crippen LogP contribution in [0.1, 0.15) is 78.6 Å². The Labute approximate surface area is 152 Å². The molecule has 0 aliphatic heterocycles. The number of carbonyl (C=O) groups excluding carboxylic acids is 1. The summed E-state index contributed by atoms with van der Waals surface area (Å²) >= 11 is 0. The number of hydrogen-bond donors (Lipinski definition) is 0. The molecule has 0 amide bonds. The molecule has 6 atom stereocenters. The maximum atomic E-state index is 11.8. The summed E-state index contributed by atoms with van der Waals surface area (Å²) in [5.41, 5.74) is 5.30. The quantitative estimate of drug-likeness (QED) is 0.690. The van der Waals surface area contributed by atoms with Crippen molar-refractivity contribution in [1.82, 2.24) is 0 Å². The predicted molar refractivity (Wildman–Crippen MR) is 99.2 cm³/mol. The first-order valence-corrected chi connectivity index (χ1v) is 10.6. The Morgan fingerprint density at radius 3 is 2.92 bits per heavy atom. The minimum atomic E-state index is 0.196. The van der Waals surface area contributed by atoms with E-state index in [-0.39, 0.29) is 5.60 Å². The Kier molecular flexibility index (Phi) is 3.46. The smallest absolute Gasteiger partial charge is 0.156 e. The summed E-state index contributed by atoms with van der Waals surface area (Å²) in [6, 6.07) is 0. The third-order valence-electron chi connectivity index (χ3n) is 8.66. The molecule has 0 aromatic heterocycles. The van der Waals surface area contributed by atoms with E-state index in [9.17, 15) is 4.79 Å². The fraction of sp³-hybridized carbons (Fsp3) is 0.783. The maximum Gasteiger partial charge on any atom is 0.156 e. The molecule has 0 radical (unpaired) electrons. The Bertz CT molecular complexity index is 686. The van der Waals surface area contributed by atoms with Crippen LogP contribution in [0, 0.1) is 23.2 Å². The van der Waals surface area contributed by atoms with Crippen LogP contribution in [0.2, 0.25) is 0 Å². The zero-order valence-electron chi connectivity index (χ0n) is 16.1. The van der Waals surface area contributed by atoms with Crippen molar-refractivity contribution in [3.8, 4) is 0 Å². The van der Waals surface area contributed by atoms with Crippen molar-refractivity contribution in [1.29, 1.82) is 0 Å². The molecule has 0 aromatic rings. The van der Waals surface area contributed by atoms with Crippen molar-refractivity contribution in [3.63, 3.8) is 0 Å². The van der Waals surface area contributed by atoms with Crippen molar-refractivity contribution in [2.45, 2.75) is 90.3 Å². The van der Waals surface area contributed by atoms with Crippen LogP contribution in [0.4, 0.5) is 0 Å². The van der Waals surface area contributed by atoms with Crippen molar-refractivity contribution in [2.75, 3.05) is 0 Å². The molecule has 1 unspecified atom stereocenters. The van der Waals surface area contributed by atoms with E-state index in [1.54, 1.807) is 11.1 Å². The number of allylic oxidation sites excluding steroid dienone is 4. The molecule has 136 valence electrons. The van der Waals surface area contributed by atoms with Gasteiger partial charge in [0, 0.05) is 11.8 Å². The van der Waals surface area contributed by atoms with Crippen molar-refractivity contribution in [3.05, 3.63) is 22.8 Å². The van der Waals surface area contributed by atoms with Gasteiger partial charge in [-0.1, -0.05) is 19.4 Å². The highest BCUT2D eigenvalue weighted by Gasteiger charge is 2.75. The SMILES string of the molecule is CCC(C)O[C@@]12C[C@@H]1C[C@H]1[C@@H]3CCC4=CC(=O)CCC4=C3CC[C@@]12C. The number of carbonyl (C=O) groups is 1. The molecular formula is C23H32O2. The molecule has 2 heteroatoms. The summed E-state index contributed by atoms with van der Waals surface area (Å²) in [6.07, 6.45) is 12.9. The molecule has 2 nitrogen and oxygen atoms in total. The summed E-state index contributed by atoms with van der Waals surface area (Å²) in [4.78, 5) is 11.8. The van der Waals surface area contributed by atoms with Crippen LogP contribution in [-0.2, 0) is 9.53 Å². The van der Waals surface area contributed by atoms with Gasteiger partial charge in [0.2, 0.25) is 0 Å². The van der Waals surface area contributed by atoms with E-state index in [0.717, 1.165) is 43.4 Å². The van der Waals surface area contributed by atoms with E-state index in [4.69, 9.17) is 4.74 Å². The van der Waals surface area contributed by atoms with Crippen molar-refractivity contribution in [2.24, 2.45) is 23.2 Å². The van der Waals surface area contributed by atoms with E-state index in [2.05, 4.69) is 20.8 Å². The second-order valence-electron chi connectivity index (χ2n) is 9.67. The molecule has 5 rings (SSSR count). The number of ketones is 1. The maximum absolute atomic E-state index is 11.8. The van der Waals surface area contributed by atoms with E-state index >= 15 is 0 Å². The first-order valence-electron chi connectivity index (χ1n) is 10.6.